The Morgan fingerprint density at radius 2 is 2.00 bits per heavy atom. The maximum Gasteiger partial charge on any atom is 0.329 e. The van der Waals surface area contributed by atoms with Crippen molar-refractivity contribution in [3.63, 3.8) is 0 Å². The lowest BCUT2D eigenvalue weighted by molar-refractivity contribution is -0.151. The van der Waals surface area contributed by atoms with Crippen molar-refractivity contribution in [2.45, 2.75) is 46.3 Å². The van der Waals surface area contributed by atoms with Crippen LogP contribution < -0.4 is 4.74 Å². The number of carbonyl (C=O) groups excluding carboxylic acids is 1. The Balaban J connectivity index is 2.23. The Kier molecular flexibility index (Phi) is 4.89. The van der Waals surface area contributed by atoms with Crippen LogP contribution in [0.25, 0.3) is 10.9 Å². The Bertz CT molecular complexity index is 618. The minimum Gasteiger partial charge on any atom is -0.494 e. The first-order valence-electron chi connectivity index (χ1n) is 7.50. The molecule has 2 rings (SSSR count). The zero-order valence-corrected chi connectivity index (χ0v) is 13.1. The number of nitrogens with zero attached hydrogens (tertiary/aromatic N) is 1. The van der Waals surface area contributed by atoms with Crippen LogP contribution in [0.3, 0.4) is 0 Å². The zero-order chi connectivity index (χ0) is 15.4. The van der Waals surface area contributed by atoms with Gasteiger partial charge in [-0.1, -0.05) is 6.92 Å². The molecule has 21 heavy (non-hydrogen) atoms. The predicted octanol–water partition coefficient (Wildman–Crippen LogP) is 3.94. The van der Waals surface area contributed by atoms with Gasteiger partial charge in [0.05, 0.1) is 12.7 Å². The second-order valence-electron chi connectivity index (χ2n) is 5.21. The molecule has 1 aromatic carbocycles. The Hall–Kier alpha value is -1.97. The second-order valence-corrected chi connectivity index (χ2v) is 5.21. The number of esters is 1. The van der Waals surface area contributed by atoms with Gasteiger partial charge in [0.25, 0.3) is 0 Å². The topological polar surface area (TPSA) is 40.5 Å². The highest BCUT2D eigenvalue weighted by Gasteiger charge is 2.19. The van der Waals surface area contributed by atoms with Gasteiger partial charge in [0.15, 0.2) is 0 Å². The van der Waals surface area contributed by atoms with Crippen LogP contribution in [0.4, 0.5) is 0 Å². The predicted molar refractivity (Wildman–Crippen MR) is 83.7 cm³/mol. The van der Waals surface area contributed by atoms with Crippen molar-refractivity contribution in [3.05, 3.63) is 30.5 Å². The molecule has 2 atom stereocenters. The van der Waals surface area contributed by atoms with Gasteiger partial charge in [-0.25, -0.2) is 4.79 Å². The van der Waals surface area contributed by atoms with Gasteiger partial charge in [-0.3, -0.25) is 0 Å². The number of aromatic nitrogens is 1. The van der Waals surface area contributed by atoms with Gasteiger partial charge >= 0.3 is 5.97 Å². The van der Waals surface area contributed by atoms with Crippen LogP contribution in [0.1, 0.15) is 40.2 Å². The van der Waals surface area contributed by atoms with Crippen molar-refractivity contribution in [3.8, 4) is 5.75 Å². The molecule has 0 aliphatic carbocycles. The quantitative estimate of drug-likeness (QED) is 0.756. The van der Waals surface area contributed by atoms with E-state index < -0.39 is 0 Å². The average molecular weight is 289 g/mol. The molecule has 1 heterocycles. The van der Waals surface area contributed by atoms with Crippen LogP contribution >= 0.6 is 0 Å². The van der Waals surface area contributed by atoms with Gasteiger partial charge < -0.3 is 14.0 Å². The highest BCUT2D eigenvalue weighted by Crippen LogP contribution is 2.25. The summed E-state index contributed by atoms with van der Waals surface area (Å²) >= 11 is 0. The largest absolute Gasteiger partial charge is 0.494 e. The van der Waals surface area contributed by atoms with E-state index in [0.717, 1.165) is 23.1 Å². The molecule has 0 fully saturated rings. The SMILES string of the molecule is CCOc1ccc2c(ccn2C(C)C(=O)OC(C)CC)c1. The molecule has 0 aliphatic rings. The van der Waals surface area contributed by atoms with Gasteiger partial charge in [0.1, 0.15) is 11.8 Å². The number of carbonyl (C=O) groups is 1. The number of fused-ring (bicyclic) bond motifs is 1. The summed E-state index contributed by atoms with van der Waals surface area (Å²) in [5.41, 5.74) is 1.01. The molecule has 0 saturated carbocycles. The summed E-state index contributed by atoms with van der Waals surface area (Å²) in [6.07, 6.45) is 2.69. The van der Waals surface area contributed by atoms with Crippen molar-refractivity contribution in [1.29, 1.82) is 0 Å². The molecular formula is C17H23NO3. The van der Waals surface area contributed by atoms with E-state index in [-0.39, 0.29) is 18.1 Å². The van der Waals surface area contributed by atoms with Gasteiger partial charge in [-0.2, -0.15) is 0 Å². The summed E-state index contributed by atoms with van der Waals surface area (Å²) < 4.78 is 12.8. The molecular weight excluding hydrogens is 266 g/mol. The molecule has 0 N–H and O–H groups in total. The van der Waals surface area contributed by atoms with Gasteiger partial charge in [0, 0.05) is 17.1 Å². The fourth-order valence-electron chi connectivity index (χ4n) is 2.23. The van der Waals surface area contributed by atoms with Crippen molar-refractivity contribution in [2.75, 3.05) is 6.61 Å². The number of hydrogen-bond donors (Lipinski definition) is 0. The molecule has 0 saturated heterocycles. The van der Waals surface area contributed by atoms with Crippen molar-refractivity contribution < 1.29 is 14.3 Å². The minimum atomic E-state index is -0.338. The van der Waals surface area contributed by atoms with Gasteiger partial charge in [-0.15, -0.1) is 0 Å². The highest BCUT2D eigenvalue weighted by molar-refractivity contribution is 5.84. The fraction of sp³-hybridized carbons (Fsp3) is 0.471. The Morgan fingerprint density at radius 3 is 2.67 bits per heavy atom. The molecule has 1 aromatic heterocycles. The summed E-state index contributed by atoms with van der Waals surface area (Å²) in [6.45, 7) is 8.38. The lowest BCUT2D eigenvalue weighted by Crippen LogP contribution is -2.22. The maximum absolute atomic E-state index is 12.2. The van der Waals surface area contributed by atoms with Crippen molar-refractivity contribution in [1.82, 2.24) is 4.57 Å². The Labute approximate surface area is 125 Å². The normalized spacial score (nSPS) is 13.9. The molecule has 114 valence electrons. The molecule has 2 unspecified atom stereocenters. The first-order chi connectivity index (χ1) is 10.1. The average Bonchev–Trinajstić information content (AvgIpc) is 2.89. The first kappa shape index (κ1) is 15.4. The summed E-state index contributed by atoms with van der Waals surface area (Å²) in [7, 11) is 0. The highest BCUT2D eigenvalue weighted by atomic mass is 16.5. The van der Waals surface area contributed by atoms with E-state index in [1.807, 2.05) is 62.7 Å². The van der Waals surface area contributed by atoms with E-state index in [1.54, 1.807) is 0 Å². The smallest absolute Gasteiger partial charge is 0.329 e. The van der Waals surface area contributed by atoms with E-state index in [4.69, 9.17) is 9.47 Å². The lowest BCUT2D eigenvalue weighted by Gasteiger charge is -2.17. The zero-order valence-electron chi connectivity index (χ0n) is 13.1. The van der Waals surface area contributed by atoms with E-state index in [2.05, 4.69) is 0 Å². The molecule has 0 amide bonds. The molecule has 4 nitrogen and oxygen atoms in total. The number of ether oxygens (including phenoxy) is 2. The monoisotopic (exact) mass is 289 g/mol. The van der Waals surface area contributed by atoms with Crippen LogP contribution in [-0.2, 0) is 9.53 Å². The van der Waals surface area contributed by atoms with Gasteiger partial charge in [-0.05, 0) is 51.5 Å². The van der Waals surface area contributed by atoms with Crippen molar-refractivity contribution in [2.24, 2.45) is 0 Å². The Morgan fingerprint density at radius 1 is 1.24 bits per heavy atom. The number of benzene rings is 1. The standard InChI is InChI=1S/C17H23NO3/c1-5-12(3)21-17(19)13(4)18-10-9-14-11-15(20-6-2)7-8-16(14)18/h7-13H,5-6H2,1-4H3. The van der Waals surface area contributed by atoms with Crippen LogP contribution in [0, 0.1) is 0 Å². The van der Waals surface area contributed by atoms with E-state index in [0.29, 0.717) is 6.61 Å². The van der Waals surface area contributed by atoms with E-state index in [1.165, 1.54) is 0 Å². The third kappa shape index (κ3) is 3.38. The second kappa shape index (κ2) is 6.66. The van der Waals surface area contributed by atoms with Crippen LogP contribution in [-0.4, -0.2) is 23.2 Å². The van der Waals surface area contributed by atoms with Crippen LogP contribution in [0.15, 0.2) is 30.5 Å². The van der Waals surface area contributed by atoms with Crippen LogP contribution in [0.2, 0.25) is 0 Å². The third-order valence-electron chi connectivity index (χ3n) is 3.65. The number of hydrogen-bond acceptors (Lipinski definition) is 3. The van der Waals surface area contributed by atoms with E-state index >= 15 is 0 Å². The summed E-state index contributed by atoms with van der Waals surface area (Å²) in [5.74, 6) is 0.647. The fourth-order valence-corrected chi connectivity index (χ4v) is 2.23. The first-order valence-corrected chi connectivity index (χ1v) is 7.50. The molecule has 2 aromatic rings. The van der Waals surface area contributed by atoms with E-state index in [9.17, 15) is 4.79 Å². The third-order valence-corrected chi connectivity index (χ3v) is 3.65. The molecule has 0 bridgehead atoms. The van der Waals surface area contributed by atoms with Gasteiger partial charge in [0.2, 0.25) is 0 Å². The minimum absolute atomic E-state index is 0.0497. The molecule has 0 radical (unpaired) electrons. The summed E-state index contributed by atoms with van der Waals surface area (Å²) in [5, 5.41) is 1.06. The number of rotatable bonds is 6. The molecule has 4 heteroatoms. The summed E-state index contributed by atoms with van der Waals surface area (Å²) in [6, 6.07) is 7.55. The molecule has 0 aliphatic heterocycles. The maximum atomic E-state index is 12.2. The lowest BCUT2D eigenvalue weighted by atomic mass is 10.2. The summed E-state index contributed by atoms with van der Waals surface area (Å²) in [4.78, 5) is 12.2. The van der Waals surface area contributed by atoms with Crippen molar-refractivity contribution >= 4 is 16.9 Å². The molecule has 0 spiro atoms. The van der Waals surface area contributed by atoms with Crippen LogP contribution in [0.5, 0.6) is 5.75 Å².